The van der Waals surface area contributed by atoms with Crippen LogP contribution in [0.25, 0.3) is 0 Å². The average molecular weight is 293 g/mol. The first-order chi connectivity index (χ1) is 10.0. The molecule has 2 atom stereocenters. The normalized spacial score (nSPS) is 19.2. The van der Waals surface area contributed by atoms with Crippen molar-refractivity contribution in [2.24, 2.45) is 0 Å². The largest absolute Gasteiger partial charge is 0.301 e. The molecule has 0 saturated heterocycles. The highest BCUT2D eigenvalue weighted by molar-refractivity contribution is 5.06. The summed E-state index contributed by atoms with van der Waals surface area (Å²) in [6.45, 7) is 11.3. The zero-order valence-corrected chi connectivity index (χ0v) is 14.6. The molecule has 122 valence electrons. The van der Waals surface area contributed by atoms with E-state index in [0.717, 1.165) is 12.8 Å². The number of hydrogen-bond acceptors (Lipinski definition) is 3. The summed E-state index contributed by atoms with van der Waals surface area (Å²) in [4.78, 5) is 2.63. The third-order valence-corrected chi connectivity index (χ3v) is 4.73. The lowest BCUT2D eigenvalue weighted by Gasteiger charge is -2.29. The van der Waals surface area contributed by atoms with Gasteiger partial charge in [-0.2, -0.15) is 5.26 Å². The molecule has 0 amide bonds. The van der Waals surface area contributed by atoms with Gasteiger partial charge in [0.2, 0.25) is 0 Å². The molecule has 0 heterocycles. The van der Waals surface area contributed by atoms with Crippen LogP contribution in [0.1, 0.15) is 79.1 Å². The van der Waals surface area contributed by atoms with Crippen molar-refractivity contribution >= 4 is 0 Å². The van der Waals surface area contributed by atoms with Crippen molar-refractivity contribution in [3.8, 4) is 6.07 Å². The van der Waals surface area contributed by atoms with Crippen LogP contribution in [0.15, 0.2) is 0 Å². The second-order valence-corrected chi connectivity index (χ2v) is 6.97. The summed E-state index contributed by atoms with van der Waals surface area (Å²) in [5.74, 6) is 0. The molecule has 1 fully saturated rings. The standard InChI is InChI=1S/C18H35N3/c1-5-7-13-21(16(3)6-2)14-9-8-12-18(4,15-19)20-17-10-11-17/h16-17,20H,5-14H2,1-4H3. The Bertz CT molecular complexity index is 319. The molecule has 0 aromatic rings. The first kappa shape index (κ1) is 18.5. The summed E-state index contributed by atoms with van der Waals surface area (Å²) in [6.07, 6.45) is 9.60. The van der Waals surface area contributed by atoms with E-state index in [2.05, 4.69) is 44.0 Å². The summed E-state index contributed by atoms with van der Waals surface area (Å²) in [5, 5.41) is 12.9. The van der Waals surface area contributed by atoms with Crippen LogP contribution in [0.5, 0.6) is 0 Å². The van der Waals surface area contributed by atoms with Crippen molar-refractivity contribution in [3.63, 3.8) is 0 Å². The van der Waals surface area contributed by atoms with E-state index in [0.29, 0.717) is 12.1 Å². The van der Waals surface area contributed by atoms with E-state index in [1.807, 2.05) is 0 Å². The van der Waals surface area contributed by atoms with Gasteiger partial charge in [-0.1, -0.05) is 20.3 Å². The van der Waals surface area contributed by atoms with Gasteiger partial charge in [-0.05, 0) is 71.9 Å². The van der Waals surface area contributed by atoms with Crippen molar-refractivity contribution in [3.05, 3.63) is 0 Å². The van der Waals surface area contributed by atoms with Gasteiger partial charge < -0.3 is 4.90 Å². The summed E-state index contributed by atoms with van der Waals surface area (Å²) in [7, 11) is 0. The Balaban J connectivity index is 2.26. The molecule has 1 aliphatic rings. The van der Waals surface area contributed by atoms with Crippen molar-refractivity contribution in [1.29, 1.82) is 5.26 Å². The van der Waals surface area contributed by atoms with Crippen molar-refractivity contribution in [2.75, 3.05) is 13.1 Å². The molecule has 0 radical (unpaired) electrons. The minimum absolute atomic E-state index is 0.314. The monoisotopic (exact) mass is 293 g/mol. The molecule has 0 aliphatic heterocycles. The number of unbranched alkanes of at least 4 members (excludes halogenated alkanes) is 2. The molecule has 0 aromatic heterocycles. The molecule has 0 aromatic carbocycles. The Hall–Kier alpha value is -0.590. The molecule has 2 unspecified atom stereocenters. The number of nitriles is 1. The topological polar surface area (TPSA) is 39.1 Å². The lowest BCUT2D eigenvalue weighted by molar-refractivity contribution is 0.195. The number of rotatable bonds is 12. The molecule has 21 heavy (non-hydrogen) atoms. The summed E-state index contributed by atoms with van der Waals surface area (Å²) in [5.41, 5.74) is -0.314. The van der Waals surface area contributed by atoms with Crippen LogP contribution in [-0.4, -0.2) is 35.6 Å². The highest BCUT2D eigenvalue weighted by Gasteiger charge is 2.31. The lowest BCUT2D eigenvalue weighted by atomic mass is 9.96. The average Bonchev–Trinajstić information content (AvgIpc) is 3.29. The zero-order valence-electron chi connectivity index (χ0n) is 14.6. The van der Waals surface area contributed by atoms with Gasteiger partial charge in [-0.15, -0.1) is 0 Å². The van der Waals surface area contributed by atoms with Crippen molar-refractivity contribution in [2.45, 2.75) is 96.7 Å². The molecular formula is C18H35N3. The van der Waals surface area contributed by atoms with Crippen LogP contribution in [0, 0.1) is 11.3 Å². The molecule has 0 bridgehead atoms. The SMILES string of the molecule is CCCCN(CCCCC(C)(C#N)NC1CC1)C(C)CC. The van der Waals surface area contributed by atoms with Crippen LogP contribution in [0.3, 0.4) is 0 Å². The fourth-order valence-corrected chi connectivity index (χ4v) is 2.80. The van der Waals surface area contributed by atoms with E-state index in [9.17, 15) is 5.26 Å². The maximum absolute atomic E-state index is 9.39. The number of nitrogens with one attached hydrogen (secondary N) is 1. The molecule has 1 rings (SSSR count). The first-order valence-electron chi connectivity index (χ1n) is 8.97. The van der Waals surface area contributed by atoms with Crippen LogP contribution in [0.2, 0.25) is 0 Å². The minimum atomic E-state index is -0.314. The zero-order chi connectivity index (χ0) is 15.7. The van der Waals surface area contributed by atoms with Gasteiger partial charge >= 0.3 is 0 Å². The third kappa shape index (κ3) is 7.29. The van der Waals surface area contributed by atoms with E-state index in [1.165, 1.54) is 51.6 Å². The Morgan fingerprint density at radius 3 is 2.43 bits per heavy atom. The predicted molar refractivity (Wildman–Crippen MR) is 90.3 cm³/mol. The number of nitrogens with zero attached hydrogens (tertiary/aromatic N) is 2. The summed E-state index contributed by atoms with van der Waals surface area (Å²) in [6, 6.07) is 3.77. The van der Waals surface area contributed by atoms with E-state index >= 15 is 0 Å². The highest BCUT2D eigenvalue weighted by atomic mass is 15.1. The van der Waals surface area contributed by atoms with E-state index in [-0.39, 0.29) is 5.54 Å². The smallest absolute Gasteiger partial charge is 0.104 e. The Kier molecular flexibility index (Phi) is 8.29. The van der Waals surface area contributed by atoms with Crippen LogP contribution in [-0.2, 0) is 0 Å². The number of hydrogen-bond donors (Lipinski definition) is 1. The summed E-state index contributed by atoms with van der Waals surface area (Å²) < 4.78 is 0. The second kappa shape index (κ2) is 9.43. The second-order valence-electron chi connectivity index (χ2n) is 6.97. The van der Waals surface area contributed by atoms with Gasteiger partial charge in [0.15, 0.2) is 0 Å². The fraction of sp³-hybridized carbons (Fsp3) is 0.944. The first-order valence-corrected chi connectivity index (χ1v) is 8.97. The van der Waals surface area contributed by atoms with Crippen molar-refractivity contribution < 1.29 is 0 Å². The van der Waals surface area contributed by atoms with Gasteiger partial charge in [0, 0.05) is 12.1 Å². The molecule has 0 spiro atoms. The lowest BCUT2D eigenvalue weighted by Crippen LogP contribution is -2.42. The van der Waals surface area contributed by atoms with Gasteiger partial charge in [0.05, 0.1) is 6.07 Å². The van der Waals surface area contributed by atoms with Crippen LogP contribution < -0.4 is 5.32 Å². The van der Waals surface area contributed by atoms with E-state index in [4.69, 9.17) is 0 Å². The van der Waals surface area contributed by atoms with E-state index < -0.39 is 0 Å². The molecular weight excluding hydrogens is 258 g/mol. The minimum Gasteiger partial charge on any atom is -0.301 e. The quantitative estimate of drug-likeness (QED) is 0.551. The maximum atomic E-state index is 9.39. The molecule has 1 N–H and O–H groups in total. The molecule has 1 aliphatic carbocycles. The van der Waals surface area contributed by atoms with Gasteiger partial charge in [0.25, 0.3) is 0 Å². The molecule has 1 saturated carbocycles. The van der Waals surface area contributed by atoms with E-state index in [1.54, 1.807) is 0 Å². The van der Waals surface area contributed by atoms with Gasteiger partial charge in [-0.25, -0.2) is 0 Å². The summed E-state index contributed by atoms with van der Waals surface area (Å²) >= 11 is 0. The van der Waals surface area contributed by atoms with Crippen LogP contribution in [0.4, 0.5) is 0 Å². The Morgan fingerprint density at radius 2 is 1.90 bits per heavy atom. The highest BCUT2D eigenvalue weighted by Crippen LogP contribution is 2.24. The van der Waals surface area contributed by atoms with Crippen LogP contribution >= 0.6 is 0 Å². The third-order valence-electron chi connectivity index (χ3n) is 4.73. The molecule has 3 nitrogen and oxygen atoms in total. The van der Waals surface area contributed by atoms with Gasteiger partial charge in [-0.3, -0.25) is 5.32 Å². The maximum Gasteiger partial charge on any atom is 0.104 e. The predicted octanol–water partition coefficient (Wildman–Crippen LogP) is 4.09. The Morgan fingerprint density at radius 1 is 1.24 bits per heavy atom. The van der Waals surface area contributed by atoms with Crippen molar-refractivity contribution in [1.82, 2.24) is 10.2 Å². The Labute approximate surface area is 132 Å². The van der Waals surface area contributed by atoms with Gasteiger partial charge in [0.1, 0.15) is 5.54 Å². The fourth-order valence-electron chi connectivity index (χ4n) is 2.80. The molecule has 3 heteroatoms.